The summed E-state index contributed by atoms with van der Waals surface area (Å²) in [7, 11) is 1.57. The molecule has 0 bridgehead atoms. The zero-order valence-electron chi connectivity index (χ0n) is 10.9. The largest absolute Gasteiger partial charge is 0.497 e. The van der Waals surface area contributed by atoms with Crippen molar-refractivity contribution in [2.75, 3.05) is 24.3 Å². The number of benzene rings is 1. The molecule has 1 heterocycles. The summed E-state index contributed by atoms with van der Waals surface area (Å²) in [5.41, 5.74) is 0.620. The fourth-order valence-electron chi connectivity index (χ4n) is 1.44. The first-order valence-electron chi connectivity index (χ1n) is 5.86. The number of nitrogens with one attached hydrogen (secondary N) is 2. The van der Waals surface area contributed by atoms with Crippen LogP contribution in [0.1, 0.15) is 16.7 Å². The summed E-state index contributed by atoms with van der Waals surface area (Å²) in [6.07, 6.45) is 0. The minimum Gasteiger partial charge on any atom is -0.497 e. The second-order valence-corrected chi connectivity index (χ2v) is 5.57. The molecule has 1 aromatic heterocycles. The molecule has 106 valence electrons. The highest BCUT2D eigenvalue weighted by molar-refractivity contribution is 9.10. The molecule has 0 saturated heterocycles. The summed E-state index contributed by atoms with van der Waals surface area (Å²) in [5, 5.41) is 14.4. The smallest absolute Gasteiger partial charge is 0.286 e. The summed E-state index contributed by atoms with van der Waals surface area (Å²) in [5.74, 6) is 0.356. The Morgan fingerprint density at radius 1 is 1.45 bits per heavy atom. The third-order valence-corrected chi connectivity index (χ3v) is 3.94. The van der Waals surface area contributed by atoms with Crippen LogP contribution in [0.3, 0.4) is 0 Å². The molecule has 0 radical (unpaired) electrons. The van der Waals surface area contributed by atoms with Crippen molar-refractivity contribution in [2.24, 2.45) is 0 Å². The third kappa shape index (κ3) is 3.45. The molecule has 0 unspecified atom stereocenters. The van der Waals surface area contributed by atoms with Crippen molar-refractivity contribution in [1.82, 2.24) is 10.2 Å². The van der Waals surface area contributed by atoms with Gasteiger partial charge >= 0.3 is 0 Å². The van der Waals surface area contributed by atoms with Gasteiger partial charge in [-0.25, -0.2) is 0 Å². The third-order valence-electron chi connectivity index (χ3n) is 2.37. The first-order chi connectivity index (χ1) is 9.63. The number of carbonyl (C=O) groups excluding carboxylic acids is 1. The van der Waals surface area contributed by atoms with Crippen molar-refractivity contribution in [3.05, 3.63) is 27.7 Å². The number of hydrogen-bond donors (Lipinski definition) is 2. The molecule has 0 fully saturated rings. The zero-order valence-corrected chi connectivity index (χ0v) is 13.3. The highest BCUT2D eigenvalue weighted by Crippen LogP contribution is 2.28. The Balaban J connectivity index is 2.14. The van der Waals surface area contributed by atoms with Crippen molar-refractivity contribution >= 4 is 44.0 Å². The molecule has 0 saturated carbocycles. The number of hydrogen-bond acceptors (Lipinski definition) is 6. The van der Waals surface area contributed by atoms with Crippen LogP contribution in [-0.4, -0.2) is 29.8 Å². The summed E-state index contributed by atoms with van der Waals surface area (Å²) in [4.78, 5) is 12.1. The minimum absolute atomic E-state index is 0.302. The maximum Gasteiger partial charge on any atom is 0.286 e. The van der Waals surface area contributed by atoms with E-state index in [0.717, 1.165) is 11.0 Å². The topological polar surface area (TPSA) is 76.1 Å². The normalized spacial score (nSPS) is 10.2. The highest BCUT2D eigenvalue weighted by atomic mass is 79.9. The molecule has 6 nitrogen and oxygen atoms in total. The molecular weight excluding hydrogens is 344 g/mol. The predicted octanol–water partition coefficient (Wildman–Crippen LogP) is 2.99. The molecule has 0 aliphatic carbocycles. The number of amides is 1. The number of aromatic nitrogens is 2. The summed E-state index contributed by atoms with van der Waals surface area (Å²) >= 11 is 4.58. The van der Waals surface area contributed by atoms with Gasteiger partial charge in [0.1, 0.15) is 5.75 Å². The van der Waals surface area contributed by atoms with Gasteiger partial charge in [0.2, 0.25) is 10.1 Å². The molecule has 2 rings (SSSR count). The molecule has 1 amide bonds. The van der Waals surface area contributed by atoms with Gasteiger partial charge in [0, 0.05) is 17.1 Å². The first kappa shape index (κ1) is 14.7. The van der Waals surface area contributed by atoms with Gasteiger partial charge in [-0.15, -0.1) is 10.2 Å². The van der Waals surface area contributed by atoms with Crippen LogP contribution in [0.4, 0.5) is 10.8 Å². The van der Waals surface area contributed by atoms with E-state index in [0.29, 0.717) is 21.6 Å². The number of halogens is 1. The van der Waals surface area contributed by atoms with Crippen LogP contribution in [0.2, 0.25) is 0 Å². The number of rotatable bonds is 5. The van der Waals surface area contributed by atoms with Crippen LogP contribution in [0.5, 0.6) is 5.75 Å². The molecule has 2 aromatic rings. The second kappa shape index (κ2) is 6.67. The number of nitrogens with zero attached hydrogens (tertiary/aromatic N) is 2. The lowest BCUT2D eigenvalue weighted by molar-refractivity contribution is 0.102. The molecule has 0 spiro atoms. The van der Waals surface area contributed by atoms with Crippen molar-refractivity contribution in [2.45, 2.75) is 6.92 Å². The van der Waals surface area contributed by atoms with Crippen LogP contribution in [0.25, 0.3) is 0 Å². The Morgan fingerprint density at radius 3 is 2.95 bits per heavy atom. The Labute approximate surface area is 128 Å². The lowest BCUT2D eigenvalue weighted by Crippen LogP contribution is -2.12. The van der Waals surface area contributed by atoms with Gasteiger partial charge < -0.3 is 15.4 Å². The molecule has 0 aliphatic heterocycles. The lowest BCUT2D eigenvalue weighted by Gasteiger charge is -2.07. The van der Waals surface area contributed by atoms with Gasteiger partial charge in [0.05, 0.1) is 12.8 Å². The number of anilines is 2. The van der Waals surface area contributed by atoms with Crippen molar-refractivity contribution in [1.29, 1.82) is 0 Å². The monoisotopic (exact) mass is 356 g/mol. The van der Waals surface area contributed by atoms with E-state index < -0.39 is 0 Å². The number of carbonyl (C=O) groups is 1. The van der Waals surface area contributed by atoms with E-state index in [1.807, 2.05) is 6.92 Å². The SMILES string of the molecule is CCNc1nnc(C(=O)Nc2cc(OC)ccc2Br)s1. The second-order valence-electron chi connectivity index (χ2n) is 3.74. The average molecular weight is 357 g/mol. The number of methoxy groups -OCH3 is 1. The maximum atomic E-state index is 12.1. The molecule has 1 aromatic carbocycles. The number of ether oxygens (including phenoxy) is 1. The van der Waals surface area contributed by atoms with Crippen LogP contribution in [0.15, 0.2) is 22.7 Å². The van der Waals surface area contributed by atoms with Crippen LogP contribution in [0, 0.1) is 0 Å². The minimum atomic E-state index is -0.305. The fraction of sp³-hybridized carbons (Fsp3) is 0.250. The van der Waals surface area contributed by atoms with E-state index in [-0.39, 0.29) is 5.91 Å². The van der Waals surface area contributed by atoms with E-state index in [1.54, 1.807) is 25.3 Å². The molecule has 2 N–H and O–H groups in total. The standard InChI is InChI=1S/C12H13BrN4O2S/c1-3-14-12-17-16-11(20-12)10(18)15-9-6-7(19-2)4-5-8(9)13/h4-6H,3H2,1-2H3,(H,14,17)(H,15,18). The Bertz CT molecular complexity index is 617. The Morgan fingerprint density at radius 2 is 2.25 bits per heavy atom. The summed E-state index contributed by atoms with van der Waals surface area (Å²) in [6.45, 7) is 2.69. The van der Waals surface area contributed by atoms with Crippen molar-refractivity contribution < 1.29 is 9.53 Å². The van der Waals surface area contributed by atoms with Crippen LogP contribution >= 0.6 is 27.3 Å². The van der Waals surface area contributed by atoms with E-state index in [4.69, 9.17) is 4.74 Å². The Hall–Kier alpha value is -1.67. The molecule has 0 aliphatic rings. The summed E-state index contributed by atoms with van der Waals surface area (Å²) in [6, 6.07) is 5.33. The van der Waals surface area contributed by atoms with E-state index in [2.05, 4.69) is 36.8 Å². The van der Waals surface area contributed by atoms with Crippen molar-refractivity contribution in [3.8, 4) is 5.75 Å². The summed E-state index contributed by atoms with van der Waals surface area (Å²) < 4.78 is 5.89. The predicted molar refractivity (Wildman–Crippen MR) is 82.7 cm³/mol. The quantitative estimate of drug-likeness (QED) is 0.860. The van der Waals surface area contributed by atoms with Gasteiger partial charge in [-0.05, 0) is 35.0 Å². The van der Waals surface area contributed by atoms with Gasteiger partial charge in [-0.2, -0.15) is 0 Å². The average Bonchev–Trinajstić information content (AvgIpc) is 2.90. The van der Waals surface area contributed by atoms with E-state index >= 15 is 0 Å². The maximum absolute atomic E-state index is 12.1. The van der Waals surface area contributed by atoms with E-state index in [1.165, 1.54) is 11.3 Å². The Kier molecular flexibility index (Phi) is 4.91. The molecule has 20 heavy (non-hydrogen) atoms. The van der Waals surface area contributed by atoms with Crippen molar-refractivity contribution in [3.63, 3.8) is 0 Å². The van der Waals surface area contributed by atoms with Gasteiger partial charge in [-0.3, -0.25) is 4.79 Å². The van der Waals surface area contributed by atoms with E-state index in [9.17, 15) is 4.79 Å². The first-order valence-corrected chi connectivity index (χ1v) is 7.47. The van der Waals surface area contributed by atoms with Gasteiger partial charge in [-0.1, -0.05) is 11.3 Å². The fourth-order valence-corrected chi connectivity index (χ4v) is 2.49. The lowest BCUT2D eigenvalue weighted by atomic mass is 10.3. The molecular formula is C12H13BrN4O2S. The zero-order chi connectivity index (χ0) is 14.5. The molecule has 0 atom stereocenters. The highest BCUT2D eigenvalue weighted by Gasteiger charge is 2.14. The molecule has 8 heteroatoms. The van der Waals surface area contributed by atoms with Crippen LogP contribution < -0.4 is 15.4 Å². The van der Waals surface area contributed by atoms with Crippen LogP contribution in [-0.2, 0) is 0 Å². The van der Waals surface area contributed by atoms with Gasteiger partial charge in [0.15, 0.2) is 0 Å². The van der Waals surface area contributed by atoms with Gasteiger partial charge in [0.25, 0.3) is 5.91 Å².